The van der Waals surface area contributed by atoms with Gasteiger partial charge in [0.05, 0.1) is 11.9 Å². The highest BCUT2D eigenvalue weighted by Crippen LogP contribution is 2.22. The Morgan fingerprint density at radius 1 is 0.886 bits per heavy atom. The van der Waals surface area contributed by atoms with Crippen molar-refractivity contribution in [2.75, 3.05) is 25.0 Å². The van der Waals surface area contributed by atoms with E-state index in [1.807, 2.05) is 62.4 Å². The Morgan fingerprint density at radius 2 is 1.54 bits per heavy atom. The van der Waals surface area contributed by atoms with Crippen LogP contribution in [0.4, 0.5) is 5.82 Å². The number of hydrogen-bond acceptors (Lipinski definition) is 4. The van der Waals surface area contributed by atoms with Gasteiger partial charge in [-0.25, -0.2) is 4.68 Å². The summed E-state index contributed by atoms with van der Waals surface area (Å²) in [7, 11) is 0. The summed E-state index contributed by atoms with van der Waals surface area (Å²) in [5.41, 5.74) is 1.77. The fraction of sp³-hybridized carbons (Fsp3) is 0.333. The number of nitrogens with zero attached hydrogens (tertiary/aromatic N) is 3. The maximum atomic E-state index is 13.0. The van der Waals surface area contributed by atoms with Crippen molar-refractivity contribution < 1.29 is 14.4 Å². The van der Waals surface area contributed by atoms with E-state index in [4.69, 9.17) is 0 Å². The molecule has 0 radical (unpaired) electrons. The average Bonchev–Trinajstić information content (AvgIpc) is 3.30. The first-order chi connectivity index (χ1) is 17.0. The number of anilines is 1. The van der Waals surface area contributed by atoms with Crippen molar-refractivity contribution in [2.24, 2.45) is 0 Å². The average molecular weight is 476 g/mol. The Hall–Kier alpha value is -3.94. The number of benzene rings is 2. The summed E-state index contributed by atoms with van der Waals surface area (Å²) in [5, 5.41) is 10.2. The monoisotopic (exact) mass is 475 g/mol. The maximum Gasteiger partial charge on any atom is 0.259 e. The Kier molecular flexibility index (Phi) is 9.59. The third-order valence-corrected chi connectivity index (χ3v) is 5.71. The molecule has 3 rings (SSSR count). The van der Waals surface area contributed by atoms with Gasteiger partial charge in [-0.1, -0.05) is 42.8 Å². The van der Waals surface area contributed by atoms with Gasteiger partial charge in [-0.15, -0.1) is 0 Å². The van der Waals surface area contributed by atoms with Crippen molar-refractivity contribution in [2.45, 2.75) is 39.5 Å². The van der Waals surface area contributed by atoms with E-state index in [0.717, 1.165) is 18.5 Å². The first kappa shape index (κ1) is 25.7. The lowest BCUT2D eigenvalue weighted by atomic mass is 10.1. The number of rotatable bonds is 12. The van der Waals surface area contributed by atoms with E-state index in [1.54, 1.807) is 21.7 Å². The van der Waals surface area contributed by atoms with Crippen LogP contribution in [0.1, 0.15) is 60.2 Å². The topological polar surface area (TPSA) is 96.3 Å². The fourth-order valence-corrected chi connectivity index (χ4v) is 3.75. The predicted octanol–water partition coefficient (Wildman–Crippen LogP) is 4.28. The summed E-state index contributed by atoms with van der Waals surface area (Å²) in [6, 6.07) is 18.5. The summed E-state index contributed by atoms with van der Waals surface area (Å²) >= 11 is 0. The maximum absolute atomic E-state index is 13.0. The minimum Gasteiger partial charge on any atom is -0.352 e. The second-order valence-electron chi connectivity index (χ2n) is 8.11. The van der Waals surface area contributed by atoms with E-state index in [-0.39, 0.29) is 17.7 Å². The van der Waals surface area contributed by atoms with Crippen LogP contribution in [0.2, 0.25) is 0 Å². The number of aromatic nitrogens is 2. The van der Waals surface area contributed by atoms with E-state index in [9.17, 15) is 14.4 Å². The molecule has 0 saturated carbocycles. The quantitative estimate of drug-likeness (QED) is 0.382. The number of nitrogens with one attached hydrogen (secondary N) is 2. The summed E-state index contributed by atoms with van der Waals surface area (Å²) in [6.45, 7) is 5.53. The Bertz CT molecular complexity index is 1110. The van der Waals surface area contributed by atoms with Crippen LogP contribution in [0.3, 0.4) is 0 Å². The Labute approximate surface area is 206 Å². The molecule has 2 aromatic carbocycles. The molecule has 0 saturated heterocycles. The van der Waals surface area contributed by atoms with Gasteiger partial charge in [-0.3, -0.25) is 14.4 Å². The van der Waals surface area contributed by atoms with Gasteiger partial charge < -0.3 is 15.5 Å². The molecule has 8 heteroatoms. The van der Waals surface area contributed by atoms with Crippen LogP contribution >= 0.6 is 0 Å². The van der Waals surface area contributed by atoms with Crippen LogP contribution in [0.5, 0.6) is 0 Å². The zero-order chi connectivity index (χ0) is 25.0. The molecule has 0 aliphatic carbocycles. The number of carbonyl (C=O) groups excluding carboxylic acids is 3. The summed E-state index contributed by atoms with van der Waals surface area (Å²) < 4.78 is 1.59. The van der Waals surface area contributed by atoms with Gasteiger partial charge in [0.25, 0.3) is 11.8 Å². The van der Waals surface area contributed by atoms with E-state index >= 15 is 0 Å². The smallest absolute Gasteiger partial charge is 0.259 e. The standard InChI is InChI=1S/C27H33N5O3/c1-3-31(4-2)27(35)23-20-29-32(22-16-10-6-11-17-22)25(23)30-24(33)18-12-7-13-19-28-26(34)21-14-8-5-9-15-21/h5-6,8-11,14-17,20H,3-4,7,12-13,18-19H2,1-2H3,(H,28,34)(H,30,33). The van der Waals surface area contributed by atoms with Crippen molar-refractivity contribution in [3.63, 3.8) is 0 Å². The van der Waals surface area contributed by atoms with Crippen molar-refractivity contribution in [3.8, 4) is 5.69 Å². The van der Waals surface area contributed by atoms with Gasteiger partial charge in [-0.2, -0.15) is 5.10 Å². The highest BCUT2D eigenvalue weighted by molar-refractivity contribution is 6.03. The molecule has 184 valence electrons. The third kappa shape index (κ3) is 7.02. The molecule has 0 aliphatic rings. The van der Waals surface area contributed by atoms with Gasteiger partial charge in [0.15, 0.2) is 0 Å². The Morgan fingerprint density at radius 3 is 2.20 bits per heavy atom. The molecule has 35 heavy (non-hydrogen) atoms. The number of carbonyl (C=O) groups is 3. The first-order valence-electron chi connectivity index (χ1n) is 12.1. The highest BCUT2D eigenvalue weighted by atomic mass is 16.2. The molecule has 3 amide bonds. The van der Waals surface area contributed by atoms with Gasteiger partial charge in [0.2, 0.25) is 5.91 Å². The van der Waals surface area contributed by atoms with E-state index in [0.29, 0.717) is 49.4 Å². The van der Waals surface area contributed by atoms with Crippen LogP contribution in [0.15, 0.2) is 66.9 Å². The summed E-state index contributed by atoms with van der Waals surface area (Å²) in [5.74, 6) is -0.0534. The number of amides is 3. The fourth-order valence-electron chi connectivity index (χ4n) is 3.75. The minimum absolute atomic E-state index is 0.0945. The molecule has 0 fully saturated rings. The molecular weight excluding hydrogens is 442 g/mol. The van der Waals surface area contributed by atoms with E-state index in [1.165, 1.54) is 6.20 Å². The van der Waals surface area contributed by atoms with Gasteiger partial charge in [0.1, 0.15) is 11.4 Å². The number of para-hydroxylation sites is 1. The molecule has 0 atom stereocenters. The highest BCUT2D eigenvalue weighted by Gasteiger charge is 2.23. The van der Waals surface area contributed by atoms with Crippen molar-refractivity contribution >= 4 is 23.5 Å². The minimum atomic E-state index is -0.176. The SMILES string of the molecule is CCN(CC)C(=O)c1cnn(-c2ccccc2)c1NC(=O)CCCCCNC(=O)c1ccccc1. The Balaban J connectivity index is 1.56. The van der Waals surface area contributed by atoms with E-state index in [2.05, 4.69) is 15.7 Å². The van der Waals surface area contributed by atoms with Crippen LogP contribution in [-0.2, 0) is 4.79 Å². The van der Waals surface area contributed by atoms with Crippen molar-refractivity contribution in [1.29, 1.82) is 0 Å². The molecule has 8 nitrogen and oxygen atoms in total. The lowest BCUT2D eigenvalue weighted by molar-refractivity contribution is -0.116. The molecule has 0 spiro atoms. The van der Waals surface area contributed by atoms with Crippen LogP contribution in [0.25, 0.3) is 5.69 Å². The van der Waals surface area contributed by atoms with Gasteiger partial charge >= 0.3 is 0 Å². The molecule has 0 bridgehead atoms. The van der Waals surface area contributed by atoms with Gasteiger partial charge in [0, 0.05) is 31.6 Å². The first-order valence-corrected chi connectivity index (χ1v) is 12.1. The van der Waals surface area contributed by atoms with Gasteiger partial charge in [-0.05, 0) is 51.0 Å². The molecular formula is C27H33N5O3. The zero-order valence-corrected chi connectivity index (χ0v) is 20.4. The molecule has 2 N–H and O–H groups in total. The molecule has 1 aromatic heterocycles. The third-order valence-electron chi connectivity index (χ3n) is 5.71. The number of unbranched alkanes of at least 4 members (excludes halogenated alkanes) is 2. The van der Waals surface area contributed by atoms with Crippen molar-refractivity contribution in [1.82, 2.24) is 20.0 Å². The van der Waals surface area contributed by atoms with Crippen LogP contribution in [0, 0.1) is 0 Å². The zero-order valence-electron chi connectivity index (χ0n) is 20.4. The molecule has 3 aromatic rings. The predicted molar refractivity (Wildman–Crippen MR) is 137 cm³/mol. The second kappa shape index (κ2) is 13.1. The largest absolute Gasteiger partial charge is 0.352 e. The van der Waals surface area contributed by atoms with Crippen LogP contribution in [-0.4, -0.2) is 52.0 Å². The lowest BCUT2D eigenvalue weighted by Crippen LogP contribution is -2.31. The van der Waals surface area contributed by atoms with E-state index < -0.39 is 0 Å². The van der Waals surface area contributed by atoms with Crippen LogP contribution < -0.4 is 10.6 Å². The molecule has 1 heterocycles. The number of hydrogen-bond donors (Lipinski definition) is 2. The molecule has 0 aliphatic heterocycles. The second-order valence-corrected chi connectivity index (χ2v) is 8.11. The molecule has 0 unspecified atom stereocenters. The van der Waals surface area contributed by atoms with Crippen molar-refractivity contribution in [3.05, 3.63) is 78.0 Å². The lowest BCUT2D eigenvalue weighted by Gasteiger charge is -2.19. The summed E-state index contributed by atoms with van der Waals surface area (Å²) in [6.07, 6.45) is 4.07. The summed E-state index contributed by atoms with van der Waals surface area (Å²) in [4.78, 5) is 39.6. The normalized spacial score (nSPS) is 10.6.